The average molecular weight is 641 g/mol. The molecular formula is C32H21AlN8O4S. The summed E-state index contributed by atoms with van der Waals surface area (Å²) in [6.07, 6.45) is 0. The Morgan fingerprint density at radius 1 is 0.478 bits per heavy atom. The average Bonchev–Trinajstić information content (AvgIpc) is 3.81. The number of hydrogen-bond donors (Lipinski definition) is 4. The van der Waals surface area contributed by atoms with E-state index in [1.54, 1.807) is 12.1 Å². The van der Waals surface area contributed by atoms with Crippen LogP contribution in [-0.4, -0.2) is 73.6 Å². The minimum Gasteiger partial charge on any atom is -0.521 e. The van der Waals surface area contributed by atoms with Gasteiger partial charge in [0.2, 0.25) is 0 Å². The lowest BCUT2D eigenvalue weighted by Gasteiger charge is -1.99. The van der Waals surface area contributed by atoms with Crippen molar-refractivity contribution >= 4 is 70.9 Å². The van der Waals surface area contributed by atoms with Gasteiger partial charge in [-0.15, -0.1) is 0 Å². The van der Waals surface area contributed by atoms with E-state index in [9.17, 15) is 13.0 Å². The number of rotatable bonds is 1. The molecule has 2 aliphatic heterocycles. The first-order chi connectivity index (χ1) is 22.4. The molecule has 0 unspecified atom stereocenters. The predicted octanol–water partition coefficient (Wildman–Crippen LogP) is 4.64. The maximum Gasteiger partial charge on any atom is 0.407 e. The minimum absolute atomic E-state index is 0.169. The van der Waals surface area contributed by atoms with Crippen LogP contribution < -0.4 is 0 Å². The van der Waals surface area contributed by atoms with Crippen LogP contribution in [0.15, 0.2) is 95.9 Å². The van der Waals surface area contributed by atoms with E-state index in [1.165, 1.54) is 6.07 Å². The fourth-order valence-electron chi connectivity index (χ4n) is 5.87. The summed E-state index contributed by atoms with van der Waals surface area (Å²) in [7, 11) is -4.62. The van der Waals surface area contributed by atoms with E-state index >= 15 is 0 Å². The van der Waals surface area contributed by atoms with Gasteiger partial charge in [-0.2, -0.15) is 8.42 Å². The van der Waals surface area contributed by atoms with E-state index in [1.807, 2.05) is 72.8 Å². The molecule has 0 saturated carbocycles. The van der Waals surface area contributed by atoms with Crippen molar-refractivity contribution in [3.8, 4) is 45.6 Å². The van der Waals surface area contributed by atoms with Crippen LogP contribution >= 0.6 is 0 Å². The highest BCUT2D eigenvalue weighted by Crippen LogP contribution is 2.37. The van der Waals surface area contributed by atoms with Crippen molar-refractivity contribution in [1.29, 1.82) is 0 Å². The number of hydrogen-bond acceptors (Lipinski definition) is 9. The summed E-state index contributed by atoms with van der Waals surface area (Å²) in [5.41, 5.74) is 4.68. The normalized spacial score (nSPS) is 12.0. The third kappa shape index (κ3) is 4.39. The highest BCUT2D eigenvalue weighted by atomic mass is 32.2. The van der Waals surface area contributed by atoms with Crippen LogP contribution in [0.5, 0.6) is 0 Å². The maximum atomic E-state index is 12.5. The number of benzene rings is 4. The zero-order valence-electron chi connectivity index (χ0n) is 24.0. The number of nitrogens with zero attached hydrogens (tertiary/aromatic N) is 6. The lowest BCUT2D eigenvalue weighted by atomic mass is 10.1. The third-order valence-corrected chi connectivity index (χ3v) is 8.72. The molecule has 3 aromatic heterocycles. The Kier molecular flexibility index (Phi) is 6.50. The monoisotopic (exact) mass is 640 g/mol. The van der Waals surface area contributed by atoms with E-state index in [0.717, 1.165) is 33.0 Å². The zero-order chi connectivity index (χ0) is 31.6. The van der Waals surface area contributed by atoms with E-state index < -0.39 is 10.1 Å². The molecule has 0 radical (unpaired) electrons. The summed E-state index contributed by atoms with van der Waals surface area (Å²) in [6, 6.07) is 27.6. The molecule has 222 valence electrons. The van der Waals surface area contributed by atoms with Gasteiger partial charge >= 0.3 is 16.6 Å². The van der Waals surface area contributed by atoms with E-state index in [2.05, 4.69) is 9.97 Å². The summed E-state index contributed by atoms with van der Waals surface area (Å²) < 4.78 is 42.3. The van der Waals surface area contributed by atoms with Gasteiger partial charge < -0.3 is 14.1 Å². The molecule has 0 atom stereocenters. The first-order valence-corrected chi connectivity index (χ1v) is 16.4. The Bertz CT molecular complexity index is 2670. The third-order valence-electron chi connectivity index (χ3n) is 7.82. The van der Waals surface area contributed by atoms with Crippen molar-refractivity contribution in [1.82, 2.24) is 39.9 Å². The fraction of sp³-hybridized carbons (Fsp3) is 0. The first kappa shape index (κ1) is 28.1. The molecule has 8 bridgehead atoms. The molecule has 0 fully saturated rings. The standard InChI is InChI=1S/C32H18N8O3S.Al.H2O.2H/c41-44(42,43)23-15-7-14-22-24(23)32-39-30-21-13-6-5-12-20(21)28(37-30)35-26-17-9-2-1-8-16(17)25(33-26)34-27-18-10-3-4-11-19(18)29(36-27)38-31(22)40-32;;;;/h1-15H,(H,41,42,43)(H2,33,34,35,36,37,38,39,40);;1H2;;/q;+1;;;/p-1. The summed E-state index contributed by atoms with van der Waals surface area (Å²) in [5.74, 6) is 1.60. The van der Waals surface area contributed by atoms with Crippen LogP contribution in [0, 0.1) is 0 Å². The van der Waals surface area contributed by atoms with Gasteiger partial charge in [-0.1, -0.05) is 84.9 Å². The van der Waals surface area contributed by atoms with Crippen LogP contribution in [0.4, 0.5) is 0 Å². The van der Waals surface area contributed by atoms with Crippen LogP contribution in [-0.2, 0) is 10.1 Å². The summed E-state index contributed by atoms with van der Waals surface area (Å²) in [5, 5.41) is 2.36. The van der Waals surface area contributed by atoms with Gasteiger partial charge in [0, 0.05) is 43.8 Å². The van der Waals surface area contributed by atoms with E-state index in [0.29, 0.717) is 62.2 Å². The lowest BCUT2D eigenvalue weighted by Crippen LogP contribution is -1.98. The molecule has 12 nitrogen and oxygen atoms in total. The number of aromatic nitrogens is 8. The highest BCUT2D eigenvalue weighted by molar-refractivity contribution is 7.86. The Morgan fingerprint density at radius 2 is 0.848 bits per heavy atom. The van der Waals surface area contributed by atoms with Crippen LogP contribution in [0.25, 0.3) is 89.7 Å². The molecule has 0 amide bonds. The topological polar surface area (TPSA) is 184 Å². The molecule has 4 N–H and O–H groups in total. The predicted molar refractivity (Wildman–Crippen MR) is 177 cm³/mol. The van der Waals surface area contributed by atoms with Crippen molar-refractivity contribution < 1.29 is 17.1 Å². The SMILES string of the molecule is O=S(=O)(O)c1cccc2c3nc4nc(nc5[nH]c(nc6nc(nc([nH]3)c12)-c1ccccc1-6)c1ccccc51)-c1ccccc1-4.[OH][AlH2]. The number of aromatic amines is 2. The second-order valence-electron chi connectivity index (χ2n) is 10.4. The van der Waals surface area contributed by atoms with Gasteiger partial charge in [0.15, 0.2) is 23.3 Å². The molecule has 9 rings (SSSR count). The van der Waals surface area contributed by atoms with Gasteiger partial charge in [-0.3, -0.25) is 4.55 Å². The van der Waals surface area contributed by atoms with Crippen molar-refractivity contribution in [2.45, 2.75) is 4.90 Å². The molecular weight excluding hydrogens is 619 g/mol. The van der Waals surface area contributed by atoms with Crippen molar-refractivity contribution in [2.75, 3.05) is 0 Å². The molecule has 0 spiro atoms. The van der Waals surface area contributed by atoms with E-state index in [4.69, 9.17) is 34.1 Å². The second-order valence-corrected chi connectivity index (χ2v) is 11.8. The van der Waals surface area contributed by atoms with E-state index in [-0.39, 0.29) is 15.9 Å². The van der Waals surface area contributed by atoms with Crippen molar-refractivity contribution in [2.24, 2.45) is 0 Å². The zero-order valence-corrected chi connectivity index (χ0v) is 26.8. The van der Waals surface area contributed by atoms with Crippen LogP contribution in [0.1, 0.15) is 0 Å². The highest BCUT2D eigenvalue weighted by Gasteiger charge is 2.24. The number of nitrogens with one attached hydrogen (secondary N) is 2. The smallest absolute Gasteiger partial charge is 0.407 e. The van der Waals surface area contributed by atoms with Crippen molar-refractivity contribution in [3.05, 3.63) is 91.0 Å². The Labute approximate surface area is 268 Å². The molecule has 5 heterocycles. The lowest BCUT2D eigenvalue weighted by molar-refractivity contribution is 0.484. The van der Waals surface area contributed by atoms with Gasteiger partial charge in [0.25, 0.3) is 10.1 Å². The molecule has 46 heavy (non-hydrogen) atoms. The van der Waals surface area contributed by atoms with Gasteiger partial charge in [0.1, 0.15) is 27.5 Å². The Hall–Kier alpha value is -5.36. The Morgan fingerprint density at radius 3 is 1.30 bits per heavy atom. The second kappa shape index (κ2) is 10.6. The van der Waals surface area contributed by atoms with Crippen molar-refractivity contribution in [3.63, 3.8) is 0 Å². The largest absolute Gasteiger partial charge is 0.521 e. The summed E-state index contributed by atoms with van der Waals surface area (Å²) in [4.78, 5) is 35.4. The quantitative estimate of drug-likeness (QED) is 0.146. The molecule has 0 aliphatic carbocycles. The molecule has 14 heteroatoms. The molecule has 2 aliphatic rings. The van der Waals surface area contributed by atoms with Gasteiger partial charge in [-0.05, 0) is 6.07 Å². The minimum atomic E-state index is -4.62. The summed E-state index contributed by atoms with van der Waals surface area (Å²) >= 11 is 0.306. The molecule has 4 aromatic carbocycles. The van der Waals surface area contributed by atoms with Crippen LogP contribution in [0.2, 0.25) is 0 Å². The maximum absolute atomic E-state index is 12.5. The number of H-pyrrole nitrogens is 2. The summed E-state index contributed by atoms with van der Waals surface area (Å²) in [6.45, 7) is 0. The van der Waals surface area contributed by atoms with Crippen LogP contribution in [0.3, 0.4) is 0 Å². The fourth-order valence-corrected chi connectivity index (χ4v) is 6.59. The number of fused-ring (bicyclic) bond motifs is 20. The molecule has 7 aromatic rings. The Balaban J connectivity index is 0.00000153. The van der Waals surface area contributed by atoms with Gasteiger partial charge in [-0.25, -0.2) is 29.9 Å². The van der Waals surface area contributed by atoms with Gasteiger partial charge in [0.05, 0.1) is 0 Å². The first-order valence-electron chi connectivity index (χ1n) is 14.1. The molecule has 0 saturated heterocycles.